The van der Waals surface area contributed by atoms with E-state index in [1.54, 1.807) is 18.6 Å². The van der Waals surface area contributed by atoms with E-state index in [1.165, 1.54) is 0 Å². The molecule has 0 atom stereocenters. The molecule has 0 spiro atoms. The number of fused-ring (bicyclic) bond motifs is 1. The molecule has 2 heterocycles. The molecule has 0 N–H and O–H groups in total. The lowest BCUT2D eigenvalue weighted by Crippen LogP contribution is -1.92. The maximum atomic E-state index is 4.09. The van der Waals surface area contributed by atoms with Crippen molar-refractivity contribution in [3.63, 3.8) is 0 Å². The van der Waals surface area contributed by atoms with E-state index in [9.17, 15) is 0 Å². The van der Waals surface area contributed by atoms with Gasteiger partial charge in [-0.2, -0.15) is 5.10 Å². The standard InChI is InChI=1S/C7H7N3.C2H6/c1-6-4-8-5-7-2-3-9-10(6)7;1-2/h2-5H,1H3;1-2H3. The minimum Gasteiger partial charge on any atom is -0.261 e. The number of hydrogen-bond acceptors (Lipinski definition) is 2. The number of rotatable bonds is 0. The van der Waals surface area contributed by atoms with E-state index in [0.717, 1.165) is 11.2 Å². The highest BCUT2D eigenvalue weighted by Gasteiger charge is 1.93. The van der Waals surface area contributed by atoms with Gasteiger partial charge in [0.25, 0.3) is 0 Å². The third-order valence-electron chi connectivity index (χ3n) is 1.47. The van der Waals surface area contributed by atoms with Crippen LogP contribution in [0, 0.1) is 6.92 Å². The van der Waals surface area contributed by atoms with Gasteiger partial charge in [-0.1, -0.05) is 13.8 Å². The molecule has 0 saturated heterocycles. The highest BCUT2D eigenvalue weighted by atomic mass is 15.2. The lowest BCUT2D eigenvalue weighted by atomic mass is 10.5. The normalized spacial score (nSPS) is 9.25. The molecule has 0 aliphatic heterocycles. The van der Waals surface area contributed by atoms with Crippen LogP contribution in [0.3, 0.4) is 0 Å². The molecule has 0 bridgehead atoms. The van der Waals surface area contributed by atoms with Crippen molar-refractivity contribution in [1.82, 2.24) is 14.6 Å². The average Bonchev–Trinajstić information content (AvgIpc) is 2.57. The van der Waals surface area contributed by atoms with Gasteiger partial charge in [0, 0.05) is 6.20 Å². The van der Waals surface area contributed by atoms with Crippen molar-refractivity contribution in [2.24, 2.45) is 0 Å². The Morgan fingerprint density at radius 3 is 2.67 bits per heavy atom. The second-order valence-corrected chi connectivity index (χ2v) is 2.22. The van der Waals surface area contributed by atoms with Gasteiger partial charge in [-0.3, -0.25) is 4.98 Å². The van der Waals surface area contributed by atoms with Gasteiger partial charge >= 0.3 is 0 Å². The van der Waals surface area contributed by atoms with Crippen molar-refractivity contribution in [2.45, 2.75) is 20.8 Å². The molecule has 0 aromatic carbocycles. The minimum atomic E-state index is 1.04. The summed E-state index contributed by atoms with van der Waals surface area (Å²) in [4.78, 5) is 4.02. The van der Waals surface area contributed by atoms with Crippen molar-refractivity contribution >= 4 is 5.52 Å². The zero-order valence-electron chi connectivity index (χ0n) is 7.65. The summed E-state index contributed by atoms with van der Waals surface area (Å²) in [6.07, 6.45) is 5.35. The molecule has 0 aliphatic rings. The first-order valence-corrected chi connectivity index (χ1v) is 4.12. The third-order valence-corrected chi connectivity index (χ3v) is 1.47. The SMILES string of the molecule is CC.Cc1cncc2ccnn12. The Morgan fingerprint density at radius 1 is 1.25 bits per heavy atom. The van der Waals surface area contributed by atoms with Gasteiger partial charge < -0.3 is 0 Å². The maximum Gasteiger partial charge on any atom is 0.0847 e. The summed E-state index contributed by atoms with van der Waals surface area (Å²) in [6, 6.07) is 1.93. The second kappa shape index (κ2) is 3.85. The van der Waals surface area contributed by atoms with E-state index in [2.05, 4.69) is 10.1 Å². The van der Waals surface area contributed by atoms with Crippen LogP contribution >= 0.6 is 0 Å². The molecule has 0 aliphatic carbocycles. The lowest BCUT2D eigenvalue weighted by Gasteiger charge is -1.94. The molecule has 0 unspecified atom stereocenters. The van der Waals surface area contributed by atoms with Crippen molar-refractivity contribution < 1.29 is 0 Å². The highest BCUT2D eigenvalue weighted by molar-refractivity contribution is 5.42. The van der Waals surface area contributed by atoms with Gasteiger partial charge in [-0.25, -0.2) is 4.52 Å². The number of aromatic nitrogens is 3. The van der Waals surface area contributed by atoms with Crippen LogP contribution in [0.15, 0.2) is 24.7 Å². The van der Waals surface area contributed by atoms with Crippen molar-refractivity contribution in [2.75, 3.05) is 0 Å². The first-order chi connectivity index (χ1) is 5.88. The van der Waals surface area contributed by atoms with Gasteiger partial charge in [0.1, 0.15) is 0 Å². The van der Waals surface area contributed by atoms with E-state index in [0.29, 0.717) is 0 Å². The minimum absolute atomic E-state index is 1.04. The maximum absolute atomic E-state index is 4.09. The first-order valence-electron chi connectivity index (χ1n) is 4.12. The predicted molar refractivity (Wildman–Crippen MR) is 49.1 cm³/mol. The number of nitrogens with zero attached hydrogens (tertiary/aromatic N) is 3. The number of hydrogen-bond donors (Lipinski definition) is 0. The zero-order valence-corrected chi connectivity index (χ0v) is 7.65. The van der Waals surface area contributed by atoms with Crippen LogP contribution in [-0.4, -0.2) is 14.6 Å². The molecule has 2 rings (SSSR count). The van der Waals surface area contributed by atoms with Crippen LogP contribution in [0.4, 0.5) is 0 Å². The van der Waals surface area contributed by atoms with Crippen molar-refractivity contribution in [1.29, 1.82) is 0 Å². The molecule has 3 nitrogen and oxygen atoms in total. The first kappa shape index (κ1) is 8.71. The molecule has 12 heavy (non-hydrogen) atoms. The van der Waals surface area contributed by atoms with Crippen molar-refractivity contribution in [3.8, 4) is 0 Å². The summed E-state index contributed by atoms with van der Waals surface area (Å²) in [7, 11) is 0. The van der Waals surface area contributed by atoms with Crippen LogP contribution < -0.4 is 0 Å². The summed E-state index contributed by atoms with van der Waals surface area (Å²) < 4.78 is 1.85. The Kier molecular flexibility index (Phi) is 2.80. The molecule has 2 aromatic rings. The van der Waals surface area contributed by atoms with Crippen LogP contribution in [0.5, 0.6) is 0 Å². The molecule has 0 radical (unpaired) electrons. The summed E-state index contributed by atoms with van der Waals surface area (Å²) >= 11 is 0. The smallest absolute Gasteiger partial charge is 0.0847 e. The fourth-order valence-electron chi connectivity index (χ4n) is 0.982. The topological polar surface area (TPSA) is 30.2 Å². The Labute approximate surface area is 72.1 Å². The Morgan fingerprint density at radius 2 is 2.00 bits per heavy atom. The summed E-state index contributed by atoms with van der Waals surface area (Å²) in [6.45, 7) is 5.98. The lowest BCUT2D eigenvalue weighted by molar-refractivity contribution is 0.898. The van der Waals surface area contributed by atoms with Crippen LogP contribution in [0.25, 0.3) is 5.52 Å². The van der Waals surface area contributed by atoms with E-state index >= 15 is 0 Å². The summed E-state index contributed by atoms with van der Waals surface area (Å²) in [5.41, 5.74) is 2.10. The van der Waals surface area contributed by atoms with Crippen molar-refractivity contribution in [3.05, 3.63) is 30.4 Å². The van der Waals surface area contributed by atoms with E-state index in [1.807, 2.05) is 31.4 Å². The molecule has 64 valence electrons. The average molecular weight is 163 g/mol. The van der Waals surface area contributed by atoms with Crippen LogP contribution in [0.1, 0.15) is 19.5 Å². The van der Waals surface area contributed by atoms with Gasteiger partial charge in [-0.05, 0) is 13.0 Å². The predicted octanol–water partition coefficient (Wildman–Crippen LogP) is 2.06. The number of aryl methyl sites for hydroxylation is 1. The van der Waals surface area contributed by atoms with Gasteiger partial charge in [0.15, 0.2) is 0 Å². The summed E-state index contributed by atoms with van der Waals surface area (Å²) in [5.74, 6) is 0. The third kappa shape index (κ3) is 1.44. The molecular formula is C9H13N3. The molecule has 0 amide bonds. The zero-order chi connectivity index (χ0) is 8.97. The Balaban J connectivity index is 0.000000336. The highest BCUT2D eigenvalue weighted by Crippen LogP contribution is 2.01. The molecule has 3 heteroatoms. The Bertz CT molecular complexity index is 351. The second-order valence-electron chi connectivity index (χ2n) is 2.22. The molecular weight excluding hydrogens is 150 g/mol. The fourth-order valence-corrected chi connectivity index (χ4v) is 0.982. The largest absolute Gasteiger partial charge is 0.261 e. The van der Waals surface area contributed by atoms with E-state index in [-0.39, 0.29) is 0 Å². The quantitative estimate of drug-likeness (QED) is 0.595. The Hall–Kier alpha value is -1.38. The van der Waals surface area contributed by atoms with Gasteiger partial charge in [-0.15, -0.1) is 0 Å². The van der Waals surface area contributed by atoms with Crippen LogP contribution in [-0.2, 0) is 0 Å². The van der Waals surface area contributed by atoms with Gasteiger partial charge in [0.2, 0.25) is 0 Å². The molecule has 2 aromatic heterocycles. The molecule has 0 fully saturated rings. The fraction of sp³-hybridized carbons (Fsp3) is 0.333. The van der Waals surface area contributed by atoms with E-state index < -0.39 is 0 Å². The summed E-state index contributed by atoms with van der Waals surface area (Å²) in [5, 5.41) is 4.09. The van der Waals surface area contributed by atoms with E-state index in [4.69, 9.17) is 0 Å². The van der Waals surface area contributed by atoms with Gasteiger partial charge in [0.05, 0.1) is 23.6 Å². The molecule has 0 saturated carbocycles. The monoisotopic (exact) mass is 163 g/mol. The van der Waals surface area contributed by atoms with Crippen LogP contribution in [0.2, 0.25) is 0 Å².